The second-order valence-electron chi connectivity index (χ2n) is 5.23. The van der Waals surface area contributed by atoms with Gasteiger partial charge in [-0.05, 0) is 36.8 Å². The van der Waals surface area contributed by atoms with Crippen LogP contribution in [0.15, 0.2) is 18.2 Å². The van der Waals surface area contributed by atoms with Gasteiger partial charge in [-0.3, -0.25) is 14.9 Å². The van der Waals surface area contributed by atoms with Crippen LogP contribution in [0.1, 0.15) is 29.6 Å². The van der Waals surface area contributed by atoms with Crippen LogP contribution in [0.5, 0.6) is 0 Å². The third-order valence-corrected chi connectivity index (χ3v) is 4.57. The molecule has 0 heterocycles. The van der Waals surface area contributed by atoms with Crippen LogP contribution in [0.25, 0.3) is 0 Å². The maximum absolute atomic E-state index is 12.2. The second-order valence-corrected chi connectivity index (χ2v) is 5.98. The minimum absolute atomic E-state index is 0.00656. The number of hydrogen-bond donors (Lipinski definition) is 1. The average molecular weight is 331 g/mol. The summed E-state index contributed by atoms with van der Waals surface area (Å²) in [4.78, 5) is 22.5. The van der Waals surface area contributed by atoms with Crippen molar-refractivity contribution in [3.63, 3.8) is 0 Å². The molecule has 0 bridgehead atoms. The van der Waals surface area contributed by atoms with E-state index in [1.165, 1.54) is 18.2 Å². The van der Waals surface area contributed by atoms with Gasteiger partial charge >= 0.3 is 0 Å². The molecule has 1 N–H and O–H groups in total. The number of rotatable bonds is 5. The Bertz CT molecular complexity index is 551. The topological polar surface area (TPSA) is 72.2 Å². The van der Waals surface area contributed by atoms with Crippen molar-refractivity contribution in [2.75, 3.05) is 12.4 Å². The Kier molecular flexibility index (Phi) is 5.42. The number of carbonyl (C=O) groups is 1. The van der Waals surface area contributed by atoms with Crippen molar-refractivity contribution in [1.82, 2.24) is 5.32 Å². The summed E-state index contributed by atoms with van der Waals surface area (Å²) in [6, 6.07) is 3.97. The number of nitrogens with zero attached hydrogens (tertiary/aromatic N) is 1. The minimum Gasteiger partial charge on any atom is -0.352 e. The molecule has 1 amide bonds. The summed E-state index contributed by atoms with van der Waals surface area (Å²) >= 11 is 11.7. The van der Waals surface area contributed by atoms with Gasteiger partial charge in [0.1, 0.15) is 5.56 Å². The van der Waals surface area contributed by atoms with Crippen LogP contribution in [-0.4, -0.2) is 23.3 Å². The molecule has 1 aromatic rings. The van der Waals surface area contributed by atoms with Gasteiger partial charge < -0.3 is 5.32 Å². The Morgan fingerprint density at radius 1 is 1.38 bits per heavy atom. The first kappa shape index (κ1) is 16.0. The molecule has 0 saturated heterocycles. The zero-order valence-electron chi connectivity index (χ0n) is 11.4. The maximum Gasteiger partial charge on any atom is 0.282 e. The highest BCUT2D eigenvalue weighted by molar-refractivity contribution is 6.31. The Hall–Kier alpha value is -1.33. The standard InChI is InChI=1S/C14H16Cl2N2O3/c15-7-9-2-1-3-10(9)8-17-14(19)12-6-11(16)4-5-13(12)18(20)21/h4-6,9-10H,1-3,7-8H2,(H,17,19). The lowest BCUT2D eigenvalue weighted by atomic mass is 9.98. The molecule has 2 rings (SSSR count). The van der Waals surface area contributed by atoms with Crippen LogP contribution < -0.4 is 5.32 Å². The minimum atomic E-state index is -0.581. The van der Waals surface area contributed by atoms with Crippen LogP contribution in [0.4, 0.5) is 5.69 Å². The van der Waals surface area contributed by atoms with Crippen molar-refractivity contribution in [2.24, 2.45) is 11.8 Å². The first-order chi connectivity index (χ1) is 10.0. The van der Waals surface area contributed by atoms with Gasteiger partial charge in [0.15, 0.2) is 0 Å². The van der Waals surface area contributed by atoms with E-state index >= 15 is 0 Å². The number of halogens is 2. The Morgan fingerprint density at radius 3 is 2.76 bits per heavy atom. The number of nitrogens with one attached hydrogen (secondary N) is 1. The van der Waals surface area contributed by atoms with Gasteiger partial charge in [-0.25, -0.2) is 0 Å². The zero-order chi connectivity index (χ0) is 15.4. The van der Waals surface area contributed by atoms with E-state index in [4.69, 9.17) is 23.2 Å². The van der Waals surface area contributed by atoms with E-state index in [1.54, 1.807) is 0 Å². The van der Waals surface area contributed by atoms with Gasteiger partial charge in [-0.15, -0.1) is 11.6 Å². The van der Waals surface area contributed by atoms with E-state index in [0.717, 1.165) is 19.3 Å². The summed E-state index contributed by atoms with van der Waals surface area (Å²) in [5, 5.41) is 14.0. The predicted molar refractivity (Wildman–Crippen MR) is 82.0 cm³/mol. The van der Waals surface area contributed by atoms with E-state index in [2.05, 4.69) is 5.32 Å². The monoisotopic (exact) mass is 330 g/mol. The zero-order valence-corrected chi connectivity index (χ0v) is 12.9. The summed E-state index contributed by atoms with van der Waals surface area (Å²) in [7, 11) is 0. The van der Waals surface area contributed by atoms with Crippen molar-refractivity contribution in [2.45, 2.75) is 19.3 Å². The van der Waals surface area contributed by atoms with Crippen LogP contribution >= 0.6 is 23.2 Å². The van der Waals surface area contributed by atoms with Gasteiger partial charge in [-0.1, -0.05) is 18.0 Å². The first-order valence-corrected chi connectivity index (χ1v) is 7.72. The molecule has 7 heteroatoms. The molecule has 1 aliphatic carbocycles. The molecule has 0 aromatic heterocycles. The molecule has 0 aliphatic heterocycles. The third-order valence-electron chi connectivity index (χ3n) is 3.94. The summed E-state index contributed by atoms with van der Waals surface area (Å²) in [5.41, 5.74) is -0.245. The molecular weight excluding hydrogens is 315 g/mol. The molecule has 1 aliphatic rings. The van der Waals surface area contributed by atoms with Crippen molar-refractivity contribution >= 4 is 34.8 Å². The van der Waals surface area contributed by atoms with E-state index in [0.29, 0.717) is 29.3 Å². The maximum atomic E-state index is 12.2. The average Bonchev–Trinajstić information content (AvgIpc) is 2.91. The highest BCUT2D eigenvalue weighted by Crippen LogP contribution is 2.32. The normalized spacial score (nSPS) is 21.2. The molecule has 114 valence electrons. The quantitative estimate of drug-likeness (QED) is 0.509. The fourth-order valence-corrected chi connectivity index (χ4v) is 3.33. The number of alkyl halides is 1. The van der Waals surface area contributed by atoms with Crippen LogP contribution in [-0.2, 0) is 0 Å². The van der Waals surface area contributed by atoms with E-state index in [-0.39, 0.29) is 11.3 Å². The van der Waals surface area contributed by atoms with Gasteiger partial charge in [0.2, 0.25) is 0 Å². The van der Waals surface area contributed by atoms with E-state index < -0.39 is 10.8 Å². The van der Waals surface area contributed by atoms with E-state index in [1.807, 2.05) is 0 Å². The predicted octanol–water partition coefficient (Wildman–Crippen LogP) is 3.63. The Labute approximate surface area is 132 Å². The van der Waals surface area contributed by atoms with Crippen LogP contribution in [0, 0.1) is 22.0 Å². The lowest BCUT2D eigenvalue weighted by Gasteiger charge is -2.17. The third kappa shape index (κ3) is 3.86. The lowest BCUT2D eigenvalue weighted by molar-refractivity contribution is -0.385. The molecule has 1 aromatic carbocycles. The Balaban J connectivity index is 2.06. The molecule has 2 atom stereocenters. The van der Waals surface area contributed by atoms with Crippen molar-refractivity contribution < 1.29 is 9.72 Å². The summed E-state index contributed by atoms with van der Waals surface area (Å²) in [6.07, 6.45) is 3.20. The second kappa shape index (κ2) is 7.09. The summed E-state index contributed by atoms with van der Waals surface area (Å²) in [5.74, 6) is 0.855. The number of amides is 1. The molecule has 2 unspecified atom stereocenters. The SMILES string of the molecule is O=C(NCC1CCCC1CCl)c1cc(Cl)ccc1[N+](=O)[O-]. The van der Waals surface area contributed by atoms with E-state index in [9.17, 15) is 14.9 Å². The fourth-order valence-electron chi connectivity index (χ4n) is 2.75. The number of benzene rings is 1. The molecule has 1 fully saturated rings. The van der Waals surface area contributed by atoms with Gasteiger partial charge in [0.05, 0.1) is 4.92 Å². The number of hydrogen-bond acceptors (Lipinski definition) is 3. The largest absolute Gasteiger partial charge is 0.352 e. The summed E-state index contributed by atoms with van der Waals surface area (Å²) in [6.45, 7) is 0.486. The number of nitro benzene ring substituents is 1. The van der Waals surface area contributed by atoms with Crippen LogP contribution in [0.2, 0.25) is 5.02 Å². The van der Waals surface area contributed by atoms with Crippen molar-refractivity contribution in [1.29, 1.82) is 0 Å². The first-order valence-electron chi connectivity index (χ1n) is 6.81. The van der Waals surface area contributed by atoms with Gasteiger partial charge in [-0.2, -0.15) is 0 Å². The van der Waals surface area contributed by atoms with Crippen molar-refractivity contribution in [3.05, 3.63) is 38.9 Å². The highest BCUT2D eigenvalue weighted by Gasteiger charge is 2.28. The smallest absolute Gasteiger partial charge is 0.282 e. The number of nitro groups is 1. The van der Waals surface area contributed by atoms with Gasteiger partial charge in [0.25, 0.3) is 11.6 Å². The molecular formula is C14H16Cl2N2O3. The highest BCUT2D eigenvalue weighted by atomic mass is 35.5. The van der Waals surface area contributed by atoms with Crippen molar-refractivity contribution in [3.8, 4) is 0 Å². The molecule has 1 saturated carbocycles. The Morgan fingerprint density at radius 2 is 2.10 bits per heavy atom. The molecule has 0 spiro atoms. The van der Waals surface area contributed by atoms with Crippen LogP contribution in [0.3, 0.4) is 0 Å². The molecule has 5 nitrogen and oxygen atoms in total. The molecule has 21 heavy (non-hydrogen) atoms. The fraction of sp³-hybridized carbons (Fsp3) is 0.500. The van der Waals surface area contributed by atoms with Gasteiger partial charge in [0, 0.05) is 23.5 Å². The summed E-state index contributed by atoms with van der Waals surface area (Å²) < 4.78 is 0. The lowest BCUT2D eigenvalue weighted by Crippen LogP contribution is -2.31. The molecule has 0 radical (unpaired) electrons. The number of carbonyl (C=O) groups excluding carboxylic acids is 1.